The Bertz CT molecular complexity index is 4990. The summed E-state index contributed by atoms with van der Waals surface area (Å²) < 4.78 is 46.8. The summed E-state index contributed by atoms with van der Waals surface area (Å²) in [7, 11) is 1.62. The number of rotatable bonds is 23. The predicted octanol–water partition coefficient (Wildman–Crippen LogP) is 13.6. The van der Waals surface area contributed by atoms with Crippen molar-refractivity contribution in [3.05, 3.63) is 233 Å². The lowest BCUT2D eigenvalue weighted by Gasteiger charge is -2.36. The first-order valence-electron chi connectivity index (χ1n) is 36.9. The van der Waals surface area contributed by atoms with Crippen LogP contribution in [0.4, 0.5) is 15.0 Å². The number of hydrogen-bond acceptors (Lipinski definition) is 16. The van der Waals surface area contributed by atoms with Crippen molar-refractivity contribution in [1.82, 2.24) is 54.8 Å². The average Bonchev–Trinajstić information content (AvgIpc) is 1.64. The number of aliphatic hydroxyl groups excluding tert-OH is 2. The van der Waals surface area contributed by atoms with Gasteiger partial charge in [-0.1, -0.05) is 165 Å². The number of carbonyl (C=O) groups is 3. The number of β-amino-alcohol motifs (C(OH)–C–C–N with tert-alkyl or cyclic N) is 1. The fraction of sp³-hybridized carbons (Fsp3) is 0.353. The van der Waals surface area contributed by atoms with E-state index < -0.39 is 59.6 Å². The minimum absolute atomic E-state index is 0.0115. The Hall–Kier alpha value is -10.9. The Labute approximate surface area is 621 Å². The molecule has 21 nitrogen and oxygen atoms in total. The molecule has 15 rings (SSSR count). The van der Waals surface area contributed by atoms with Gasteiger partial charge in [-0.3, -0.25) is 19.3 Å². The average molecular weight is 1440 g/mol. The van der Waals surface area contributed by atoms with Crippen LogP contribution in [-0.2, 0) is 31.2 Å². The van der Waals surface area contributed by atoms with E-state index in [2.05, 4.69) is 74.2 Å². The normalized spacial score (nSPS) is 18.2. The van der Waals surface area contributed by atoms with Crippen LogP contribution >= 0.6 is 0 Å². The van der Waals surface area contributed by atoms with Crippen LogP contribution in [0, 0.1) is 25.6 Å². The van der Waals surface area contributed by atoms with Crippen LogP contribution in [0.15, 0.2) is 182 Å². The molecule has 3 aliphatic heterocycles. The number of aliphatic hydroxyl groups is 2. The smallest absolute Gasteiger partial charge is 0.410 e. The second-order valence-electron chi connectivity index (χ2n) is 30.2. The van der Waals surface area contributed by atoms with Crippen molar-refractivity contribution >= 4 is 45.5 Å². The quantitative estimate of drug-likeness (QED) is 0.0505. The Morgan fingerprint density at radius 2 is 1.40 bits per heavy atom. The molecule has 4 aromatic heterocycles. The van der Waals surface area contributed by atoms with Crippen molar-refractivity contribution in [2.75, 3.05) is 44.9 Å². The maximum absolute atomic E-state index is 17.7. The number of likely N-dealkylation sites (tertiary alicyclic amines) is 2. The number of amides is 3. The molecule has 107 heavy (non-hydrogen) atoms. The van der Waals surface area contributed by atoms with Gasteiger partial charge >= 0.3 is 12.1 Å². The van der Waals surface area contributed by atoms with Gasteiger partial charge in [0.1, 0.15) is 59.3 Å². The van der Waals surface area contributed by atoms with Crippen LogP contribution in [0.2, 0.25) is 0 Å². The first-order chi connectivity index (χ1) is 51.7. The van der Waals surface area contributed by atoms with Crippen LogP contribution in [0.3, 0.4) is 0 Å². The summed E-state index contributed by atoms with van der Waals surface area (Å²) in [6.07, 6.45) is 6.32. The zero-order valence-electron chi connectivity index (χ0n) is 61.6. The van der Waals surface area contributed by atoms with Gasteiger partial charge in [0.15, 0.2) is 5.75 Å². The highest BCUT2D eigenvalue weighted by atomic mass is 19.1. The van der Waals surface area contributed by atoms with E-state index in [9.17, 15) is 24.6 Å². The Balaban J connectivity index is 0.795. The van der Waals surface area contributed by atoms with Gasteiger partial charge in [0.2, 0.25) is 11.8 Å². The third-order valence-electron chi connectivity index (χ3n) is 21.4. The van der Waals surface area contributed by atoms with Crippen molar-refractivity contribution in [3.8, 4) is 45.3 Å². The van der Waals surface area contributed by atoms with Crippen molar-refractivity contribution in [2.24, 2.45) is 5.92 Å². The van der Waals surface area contributed by atoms with Crippen LogP contribution in [0.5, 0.6) is 11.8 Å². The lowest BCUT2D eigenvalue weighted by atomic mass is 9.77. The molecule has 0 spiro atoms. The van der Waals surface area contributed by atoms with E-state index in [1.807, 2.05) is 180 Å². The maximum atomic E-state index is 17.7. The summed E-state index contributed by atoms with van der Waals surface area (Å²) in [5, 5.41) is 40.7. The van der Waals surface area contributed by atoms with E-state index in [0.29, 0.717) is 86.4 Å². The lowest BCUT2D eigenvalue weighted by molar-refractivity contribution is -0.142. The molecule has 22 heteroatoms. The fourth-order valence-electron chi connectivity index (χ4n) is 15.9. The van der Waals surface area contributed by atoms with Gasteiger partial charge in [0.05, 0.1) is 48.7 Å². The molecule has 4 fully saturated rings. The van der Waals surface area contributed by atoms with Gasteiger partial charge in [-0.15, -0.1) is 5.10 Å². The van der Waals surface area contributed by atoms with Crippen molar-refractivity contribution in [2.45, 2.75) is 147 Å². The number of ether oxygens (including phenoxy) is 4. The van der Waals surface area contributed by atoms with Gasteiger partial charge < -0.3 is 49.2 Å². The topological polar surface area (TPSA) is 238 Å². The molecule has 3 saturated heterocycles. The number of aromatic nitrogens is 8. The molecule has 2 bridgehead atoms. The molecular weight excluding hydrogens is 1350 g/mol. The molecule has 0 unspecified atom stereocenters. The summed E-state index contributed by atoms with van der Waals surface area (Å²) in [6.45, 7) is 15.7. The zero-order chi connectivity index (χ0) is 74.6. The summed E-state index contributed by atoms with van der Waals surface area (Å²) in [6, 6.07) is 50.8. The summed E-state index contributed by atoms with van der Waals surface area (Å²) in [5.74, 6) is -0.594. The zero-order valence-corrected chi connectivity index (χ0v) is 61.6. The molecule has 7 aromatic carbocycles. The highest BCUT2D eigenvalue weighted by Crippen LogP contribution is 2.55. The molecule has 1 aliphatic carbocycles. The van der Waals surface area contributed by atoms with Gasteiger partial charge in [0.25, 0.3) is 0 Å². The predicted molar refractivity (Wildman–Crippen MR) is 406 cm³/mol. The number of nitrogens with one attached hydrogen (secondary N) is 1. The van der Waals surface area contributed by atoms with Crippen molar-refractivity contribution in [3.63, 3.8) is 0 Å². The second kappa shape index (κ2) is 29.4. The minimum atomic E-state index is -1.04. The monoisotopic (exact) mass is 1440 g/mol. The molecule has 3 amide bonds. The number of hydrogen-bond donors (Lipinski definition) is 3. The minimum Gasteiger partial charge on any atom is -0.486 e. The summed E-state index contributed by atoms with van der Waals surface area (Å²) >= 11 is 0. The van der Waals surface area contributed by atoms with E-state index in [1.54, 1.807) is 19.5 Å². The molecule has 11 aromatic rings. The van der Waals surface area contributed by atoms with Crippen LogP contribution in [0.25, 0.3) is 55.3 Å². The third-order valence-corrected chi connectivity index (χ3v) is 21.4. The van der Waals surface area contributed by atoms with Crippen LogP contribution in [-0.4, -0.2) is 154 Å². The standard InChI is InChI=1S/C85H89FN12O9/c1-50(2)77(81(102)96-44-64(100)39-73(96)80(101)88-72(47-99)58-35-33-55(34-36-58)65-26-19-37-87-53(65)5)97-46-71(91-93-97)57-29-27-54(28-30-57)49-105-78-75(74-52(4)69(86)41-70-68(74)45-98(92-70)85(59-20-13-10-14-21-59,60-22-15-11-16-23-60)61-24-17-12-18-25-61)66(56-31-32-56)40-67-76(78)89-82(106-48-51(3)104-9)90-79(67)94-42-63-38-62(94)43-95(63)83(103)107-84(6,7)8/h10-30,33-37,40-41,45-46,50-51,56,62-64,72-73,77,99-100H,31-32,38-39,42-44,47-49H2,1-9H3,(H,88,101)/t51-,62-,63-,64+,72-,73-,77-/m0/s1. The molecule has 550 valence electrons. The molecule has 3 N–H and O–H groups in total. The van der Waals surface area contributed by atoms with Crippen LogP contribution in [0.1, 0.15) is 130 Å². The third kappa shape index (κ3) is 13.9. The highest BCUT2D eigenvalue weighted by molar-refractivity contribution is 6.06. The summed E-state index contributed by atoms with van der Waals surface area (Å²) in [5.41, 5.74) is 10.1. The number of methoxy groups -OCH3 is 1. The van der Waals surface area contributed by atoms with Gasteiger partial charge in [-0.2, -0.15) is 15.1 Å². The molecule has 7 atom stereocenters. The number of nitrogens with zero attached hydrogens (tertiary/aromatic N) is 11. The van der Waals surface area contributed by atoms with Crippen molar-refractivity contribution < 1.29 is 47.9 Å². The number of carbonyl (C=O) groups excluding carboxylic acids is 3. The number of pyridine rings is 1. The van der Waals surface area contributed by atoms with Gasteiger partial charge in [-0.25, -0.2) is 13.9 Å². The van der Waals surface area contributed by atoms with Crippen LogP contribution < -0.4 is 19.7 Å². The van der Waals surface area contributed by atoms with E-state index in [-0.39, 0.29) is 68.3 Å². The first kappa shape index (κ1) is 71.7. The number of aryl methyl sites for hydroxylation is 1. The van der Waals surface area contributed by atoms with E-state index >= 15 is 4.39 Å². The first-order valence-corrected chi connectivity index (χ1v) is 36.9. The second-order valence-corrected chi connectivity index (χ2v) is 30.2. The van der Waals surface area contributed by atoms with E-state index in [0.717, 1.165) is 57.5 Å². The van der Waals surface area contributed by atoms with E-state index in [1.165, 1.54) is 15.6 Å². The molecule has 1 saturated carbocycles. The Morgan fingerprint density at radius 3 is 2.01 bits per heavy atom. The fourth-order valence-corrected chi connectivity index (χ4v) is 15.9. The van der Waals surface area contributed by atoms with E-state index in [4.69, 9.17) is 34.0 Å². The molecule has 0 radical (unpaired) electrons. The lowest BCUT2D eigenvalue weighted by Crippen LogP contribution is -2.50. The maximum Gasteiger partial charge on any atom is 0.410 e. The van der Waals surface area contributed by atoms with Gasteiger partial charge in [-0.05, 0) is 129 Å². The number of fused-ring (bicyclic) bond motifs is 4. The Kier molecular flexibility index (Phi) is 19.7. The largest absolute Gasteiger partial charge is 0.486 e. The molecular formula is C85H89FN12O9. The van der Waals surface area contributed by atoms with Crippen molar-refractivity contribution in [1.29, 1.82) is 0 Å². The number of anilines is 1. The number of piperazine rings is 1. The molecule has 4 aliphatic rings. The van der Waals surface area contributed by atoms with Gasteiger partial charge in [0, 0.05) is 90.3 Å². The summed E-state index contributed by atoms with van der Waals surface area (Å²) in [4.78, 5) is 63.4. The molecule has 7 heterocycles. The number of benzene rings is 7. The SMILES string of the molecule is CO[C@@H](C)COc1nc(N2C[C@@H]3C[C@H]2CN3C(=O)OC(C)(C)C)c2cc(C3CC3)c(-c3c(C)c(F)cc4nn(C(c5ccccc5)(c5ccccc5)c5ccccc5)cc34)c(OCc3ccc(-c4cn([C@H](C(=O)N5C[C@H](O)C[C@H]5C(=O)N[C@@H](CO)c5ccc(-c6cccnc6C)cc5)C(C)C)nn4)cc3)c2n1. The number of halogens is 1. The highest BCUT2D eigenvalue weighted by Gasteiger charge is 2.49. The Morgan fingerprint density at radius 1 is 0.729 bits per heavy atom.